The minimum Gasteiger partial charge on any atom is -0.336 e. The number of amides is 1. The van der Waals surface area contributed by atoms with Gasteiger partial charge in [-0.05, 0) is 37.4 Å². The third kappa shape index (κ3) is 2.91. The van der Waals surface area contributed by atoms with E-state index in [1.807, 2.05) is 40.6 Å². The molecule has 8 heteroatoms. The Morgan fingerprint density at radius 1 is 1.10 bits per heavy atom. The Morgan fingerprint density at radius 3 is 2.67 bits per heavy atom. The molecule has 1 aromatic carbocycles. The zero-order chi connectivity index (χ0) is 20.8. The number of nitriles is 1. The molecule has 4 aromatic rings. The van der Waals surface area contributed by atoms with E-state index in [1.165, 1.54) is 0 Å². The molecule has 0 saturated carbocycles. The standard InChI is InChI=1S/C22H21N7O/c1-26-7-9-28(10-8-26)22(30)16-4-5-17-18(11-16)27(2)25-21(17)19-13-24-20-6-3-15(12-23)14-29(19)20/h3-6,11,13-14H,7-10H2,1-2H3. The molecule has 1 amide bonds. The summed E-state index contributed by atoms with van der Waals surface area (Å²) < 4.78 is 3.67. The van der Waals surface area contributed by atoms with Gasteiger partial charge in [-0.25, -0.2) is 4.98 Å². The molecule has 150 valence electrons. The van der Waals surface area contributed by atoms with Crippen LogP contribution in [0.15, 0.2) is 42.7 Å². The summed E-state index contributed by atoms with van der Waals surface area (Å²) in [7, 11) is 3.95. The highest BCUT2D eigenvalue weighted by atomic mass is 16.2. The van der Waals surface area contributed by atoms with Gasteiger partial charge in [-0.1, -0.05) is 0 Å². The molecule has 4 heterocycles. The lowest BCUT2D eigenvalue weighted by molar-refractivity contribution is 0.0664. The maximum atomic E-state index is 13.0. The van der Waals surface area contributed by atoms with Crippen molar-refractivity contribution in [2.45, 2.75) is 0 Å². The number of rotatable bonds is 2. The summed E-state index contributed by atoms with van der Waals surface area (Å²) in [4.78, 5) is 21.6. The van der Waals surface area contributed by atoms with E-state index < -0.39 is 0 Å². The Hall–Kier alpha value is -3.70. The number of benzene rings is 1. The van der Waals surface area contributed by atoms with Gasteiger partial charge in [-0.3, -0.25) is 13.9 Å². The number of hydrogen-bond donors (Lipinski definition) is 0. The van der Waals surface area contributed by atoms with Crippen molar-refractivity contribution in [1.82, 2.24) is 29.0 Å². The van der Waals surface area contributed by atoms with Crippen molar-refractivity contribution in [2.24, 2.45) is 7.05 Å². The molecule has 0 N–H and O–H groups in total. The normalized spacial score (nSPS) is 15.0. The fraction of sp³-hybridized carbons (Fsp3) is 0.273. The van der Waals surface area contributed by atoms with Crippen molar-refractivity contribution in [3.63, 3.8) is 0 Å². The van der Waals surface area contributed by atoms with Gasteiger partial charge in [0.1, 0.15) is 17.4 Å². The van der Waals surface area contributed by atoms with Crippen LogP contribution in [0.25, 0.3) is 27.9 Å². The van der Waals surface area contributed by atoms with Crippen molar-refractivity contribution in [1.29, 1.82) is 5.26 Å². The van der Waals surface area contributed by atoms with Gasteiger partial charge in [0.05, 0.1) is 23.0 Å². The van der Waals surface area contributed by atoms with Gasteiger partial charge in [0.2, 0.25) is 0 Å². The molecule has 0 spiro atoms. The molecular weight excluding hydrogens is 378 g/mol. The smallest absolute Gasteiger partial charge is 0.254 e. The van der Waals surface area contributed by atoms with E-state index in [-0.39, 0.29) is 5.91 Å². The number of pyridine rings is 1. The first-order chi connectivity index (χ1) is 14.5. The largest absolute Gasteiger partial charge is 0.336 e. The Labute approximate surface area is 173 Å². The number of piperazine rings is 1. The number of aryl methyl sites for hydroxylation is 1. The molecule has 0 aliphatic carbocycles. The topological polar surface area (TPSA) is 82.5 Å². The summed E-state index contributed by atoms with van der Waals surface area (Å²) in [6.07, 6.45) is 3.53. The van der Waals surface area contributed by atoms with E-state index >= 15 is 0 Å². The average Bonchev–Trinajstić information content (AvgIpc) is 3.33. The number of aromatic nitrogens is 4. The van der Waals surface area contributed by atoms with E-state index in [0.717, 1.165) is 54.1 Å². The molecule has 5 rings (SSSR count). The van der Waals surface area contributed by atoms with Crippen LogP contribution in [0.1, 0.15) is 15.9 Å². The van der Waals surface area contributed by atoms with Crippen LogP contribution in [0.2, 0.25) is 0 Å². The minimum atomic E-state index is 0.0567. The van der Waals surface area contributed by atoms with Crippen molar-refractivity contribution >= 4 is 22.5 Å². The summed E-state index contributed by atoms with van der Waals surface area (Å²) in [5.74, 6) is 0.0567. The van der Waals surface area contributed by atoms with Crippen LogP contribution >= 0.6 is 0 Å². The Balaban J connectivity index is 1.56. The fourth-order valence-corrected chi connectivity index (χ4v) is 3.99. The molecule has 0 atom stereocenters. The molecular formula is C22H21N7O. The van der Waals surface area contributed by atoms with Crippen LogP contribution in [0.5, 0.6) is 0 Å². The lowest BCUT2D eigenvalue weighted by atomic mass is 10.1. The molecule has 1 aliphatic heterocycles. The number of fused-ring (bicyclic) bond motifs is 2. The average molecular weight is 399 g/mol. The Bertz CT molecular complexity index is 1320. The van der Waals surface area contributed by atoms with Crippen molar-refractivity contribution in [3.8, 4) is 17.5 Å². The number of carbonyl (C=O) groups is 1. The predicted molar refractivity (Wildman–Crippen MR) is 113 cm³/mol. The highest BCUT2D eigenvalue weighted by Crippen LogP contribution is 2.29. The molecule has 3 aromatic heterocycles. The highest BCUT2D eigenvalue weighted by molar-refractivity contribution is 6.01. The quantitative estimate of drug-likeness (QED) is 0.516. The molecule has 0 unspecified atom stereocenters. The third-order valence-corrected chi connectivity index (χ3v) is 5.77. The Morgan fingerprint density at radius 2 is 1.90 bits per heavy atom. The third-order valence-electron chi connectivity index (χ3n) is 5.77. The van der Waals surface area contributed by atoms with Crippen molar-refractivity contribution in [2.75, 3.05) is 33.2 Å². The predicted octanol–water partition coefficient (Wildman–Crippen LogP) is 2.15. The van der Waals surface area contributed by atoms with Gasteiger partial charge < -0.3 is 9.80 Å². The van der Waals surface area contributed by atoms with E-state index in [2.05, 4.69) is 23.0 Å². The zero-order valence-electron chi connectivity index (χ0n) is 16.9. The van der Waals surface area contributed by atoms with Crippen molar-refractivity contribution < 1.29 is 4.79 Å². The SMILES string of the molecule is CN1CCN(C(=O)c2ccc3c(-c4cnc5ccc(C#N)cn45)nn(C)c3c2)CC1. The molecule has 1 saturated heterocycles. The van der Waals surface area contributed by atoms with Crippen LogP contribution in [-0.4, -0.2) is 68.1 Å². The Kier molecular flexibility index (Phi) is 4.26. The van der Waals surface area contributed by atoms with Crippen LogP contribution < -0.4 is 0 Å². The second kappa shape index (κ2) is 6.97. The zero-order valence-corrected chi connectivity index (χ0v) is 16.9. The maximum Gasteiger partial charge on any atom is 0.254 e. The molecule has 0 bridgehead atoms. The van der Waals surface area contributed by atoms with Gasteiger partial charge in [0.15, 0.2) is 0 Å². The number of likely N-dealkylation sites (N-methyl/N-ethyl adjacent to an activating group) is 1. The number of carbonyl (C=O) groups excluding carboxylic acids is 1. The number of nitrogens with zero attached hydrogens (tertiary/aromatic N) is 7. The summed E-state index contributed by atoms with van der Waals surface area (Å²) in [6, 6.07) is 11.5. The molecule has 1 fully saturated rings. The monoisotopic (exact) mass is 399 g/mol. The first-order valence-corrected chi connectivity index (χ1v) is 9.87. The maximum absolute atomic E-state index is 13.0. The van der Waals surface area contributed by atoms with Gasteiger partial charge in [-0.15, -0.1) is 0 Å². The van der Waals surface area contributed by atoms with Crippen molar-refractivity contribution in [3.05, 3.63) is 53.9 Å². The van der Waals surface area contributed by atoms with Gasteiger partial charge in [-0.2, -0.15) is 10.4 Å². The van der Waals surface area contributed by atoms with E-state index in [0.29, 0.717) is 11.1 Å². The first kappa shape index (κ1) is 18.3. The highest BCUT2D eigenvalue weighted by Gasteiger charge is 2.22. The van der Waals surface area contributed by atoms with E-state index in [1.54, 1.807) is 23.1 Å². The summed E-state index contributed by atoms with van der Waals surface area (Å²) >= 11 is 0. The van der Waals surface area contributed by atoms with Gasteiger partial charge in [0, 0.05) is 50.4 Å². The molecule has 1 aliphatic rings. The molecule has 0 radical (unpaired) electrons. The molecule has 30 heavy (non-hydrogen) atoms. The lowest BCUT2D eigenvalue weighted by Gasteiger charge is -2.32. The van der Waals surface area contributed by atoms with Gasteiger partial charge in [0.25, 0.3) is 5.91 Å². The second-order valence-corrected chi connectivity index (χ2v) is 7.70. The first-order valence-electron chi connectivity index (χ1n) is 9.87. The van der Waals surface area contributed by atoms with Crippen LogP contribution in [0, 0.1) is 11.3 Å². The summed E-state index contributed by atoms with van der Waals surface area (Å²) in [6.45, 7) is 3.27. The second-order valence-electron chi connectivity index (χ2n) is 7.70. The minimum absolute atomic E-state index is 0.0567. The summed E-state index contributed by atoms with van der Waals surface area (Å²) in [5, 5.41) is 14.9. The van der Waals surface area contributed by atoms with E-state index in [9.17, 15) is 10.1 Å². The molecule has 8 nitrogen and oxygen atoms in total. The van der Waals surface area contributed by atoms with Crippen LogP contribution in [0.3, 0.4) is 0 Å². The van der Waals surface area contributed by atoms with E-state index in [4.69, 9.17) is 5.10 Å². The fourth-order valence-electron chi connectivity index (χ4n) is 3.99. The van der Waals surface area contributed by atoms with Gasteiger partial charge >= 0.3 is 0 Å². The number of imidazole rings is 1. The van der Waals surface area contributed by atoms with Crippen LogP contribution in [-0.2, 0) is 7.05 Å². The van der Waals surface area contributed by atoms with Crippen LogP contribution in [0.4, 0.5) is 0 Å². The summed E-state index contributed by atoms with van der Waals surface area (Å²) in [5.41, 5.74) is 4.45. The lowest BCUT2D eigenvalue weighted by Crippen LogP contribution is -2.47. The number of hydrogen-bond acceptors (Lipinski definition) is 5.